The molecule has 0 aliphatic carbocycles. The van der Waals surface area contributed by atoms with E-state index in [9.17, 15) is 9.90 Å². The molecule has 11 nitrogen and oxygen atoms in total. The van der Waals surface area contributed by atoms with Crippen LogP contribution in [-0.4, -0.2) is 80.6 Å². The normalized spacial score (nSPS) is 16.5. The number of nitrogens with zero attached hydrogens (tertiary/aromatic N) is 8. The highest BCUT2D eigenvalue weighted by molar-refractivity contribution is 6.09. The van der Waals surface area contributed by atoms with Crippen molar-refractivity contribution >= 4 is 23.4 Å². The maximum absolute atomic E-state index is 13.6. The van der Waals surface area contributed by atoms with Crippen LogP contribution in [0.4, 0.5) is 17.5 Å². The summed E-state index contributed by atoms with van der Waals surface area (Å²) in [5.74, 6) is 1.82. The van der Waals surface area contributed by atoms with Gasteiger partial charge in [0.25, 0.3) is 5.91 Å². The Balaban J connectivity index is 1.14. The molecule has 0 unspecified atom stereocenters. The third-order valence-corrected chi connectivity index (χ3v) is 7.86. The van der Waals surface area contributed by atoms with Crippen LogP contribution < -0.4 is 15.1 Å². The summed E-state index contributed by atoms with van der Waals surface area (Å²) in [6.45, 7) is 6.52. The largest absolute Gasteiger partial charge is 0.508 e. The Morgan fingerprint density at radius 2 is 1.83 bits per heavy atom. The third-order valence-electron chi connectivity index (χ3n) is 7.86. The van der Waals surface area contributed by atoms with Crippen LogP contribution in [0, 0.1) is 0 Å². The molecule has 11 heteroatoms. The molecule has 2 aliphatic rings. The van der Waals surface area contributed by atoms with E-state index in [1.807, 2.05) is 61.5 Å². The van der Waals surface area contributed by atoms with E-state index in [0.717, 1.165) is 49.5 Å². The van der Waals surface area contributed by atoms with Gasteiger partial charge in [0.2, 0.25) is 5.95 Å². The minimum absolute atomic E-state index is 0.127. The molecular formula is C30H35N9O2. The van der Waals surface area contributed by atoms with Crippen LogP contribution in [0.3, 0.4) is 0 Å². The second kappa shape index (κ2) is 11.5. The molecule has 4 heterocycles. The van der Waals surface area contributed by atoms with E-state index in [-0.39, 0.29) is 5.91 Å². The number of anilines is 3. The molecular weight excluding hydrogens is 518 g/mol. The number of nitrogens with one attached hydrogen (secondary N) is 1. The van der Waals surface area contributed by atoms with Gasteiger partial charge >= 0.3 is 0 Å². The zero-order valence-corrected chi connectivity index (χ0v) is 23.4. The summed E-state index contributed by atoms with van der Waals surface area (Å²) in [5, 5.41) is 21.8. The molecule has 2 aromatic heterocycles. The molecule has 41 heavy (non-hydrogen) atoms. The molecule has 4 aromatic rings. The lowest BCUT2D eigenvalue weighted by atomic mass is 9.89. The van der Waals surface area contributed by atoms with Crippen LogP contribution in [0.15, 0.2) is 60.9 Å². The summed E-state index contributed by atoms with van der Waals surface area (Å²) >= 11 is 0. The Morgan fingerprint density at radius 3 is 2.63 bits per heavy atom. The van der Waals surface area contributed by atoms with E-state index in [1.54, 1.807) is 21.8 Å². The minimum Gasteiger partial charge on any atom is -0.508 e. The van der Waals surface area contributed by atoms with E-state index >= 15 is 0 Å². The Labute approximate surface area is 239 Å². The molecule has 2 aliphatic heterocycles. The molecule has 212 valence electrons. The summed E-state index contributed by atoms with van der Waals surface area (Å²) < 4.78 is 1.77. The summed E-state index contributed by atoms with van der Waals surface area (Å²) in [6.07, 6.45) is 5.66. The van der Waals surface area contributed by atoms with Gasteiger partial charge in [0.05, 0.1) is 17.6 Å². The topological polar surface area (TPSA) is 116 Å². The fourth-order valence-electron chi connectivity index (χ4n) is 5.64. The summed E-state index contributed by atoms with van der Waals surface area (Å²) in [5.41, 5.74) is 4.22. The van der Waals surface area contributed by atoms with Crippen molar-refractivity contribution in [2.45, 2.75) is 32.2 Å². The number of likely N-dealkylation sites (N-methyl/N-ethyl adjacent to an activating group) is 1. The zero-order valence-electron chi connectivity index (χ0n) is 23.4. The minimum atomic E-state index is -0.127. The molecule has 1 amide bonds. The van der Waals surface area contributed by atoms with E-state index < -0.39 is 0 Å². The fraction of sp³-hybridized carbons (Fsp3) is 0.367. The average Bonchev–Trinajstić information content (AvgIpc) is 3.42. The van der Waals surface area contributed by atoms with Crippen LogP contribution in [0.1, 0.15) is 47.3 Å². The second-order valence-electron chi connectivity index (χ2n) is 10.7. The van der Waals surface area contributed by atoms with Crippen molar-refractivity contribution in [3.05, 3.63) is 77.7 Å². The number of likely N-dealkylation sites (tertiary alicyclic amines) is 1. The van der Waals surface area contributed by atoms with Crippen molar-refractivity contribution in [1.82, 2.24) is 29.9 Å². The second-order valence-corrected chi connectivity index (χ2v) is 10.7. The first kappa shape index (κ1) is 26.7. The smallest absolute Gasteiger partial charge is 0.263 e. The number of phenolic OH excluding ortho intramolecular Hbond substituents is 1. The van der Waals surface area contributed by atoms with Crippen molar-refractivity contribution in [2.75, 3.05) is 54.9 Å². The van der Waals surface area contributed by atoms with Crippen LogP contribution in [0.5, 0.6) is 5.75 Å². The molecule has 0 saturated carbocycles. The Kier molecular flexibility index (Phi) is 7.51. The van der Waals surface area contributed by atoms with Gasteiger partial charge in [0.15, 0.2) is 0 Å². The summed E-state index contributed by atoms with van der Waals surface area (Å²) in [6, 6.07) is 15.4. The van der Waals surface area contributed by atoms with Crippen molar-refractivity contribution in [3.8, 4) is 11.4 Å². The number of fused-ring (bicyclic) bond motifs is 1. The number of aromatic hydroxyl groups is 1. The maximum Gasteiger partial charge on any atom is 0.263 e. The van der Waals surface area contributed by atoms with Gasteiger partial charge in [0.1, 0.15) is 17.1 Å². The first-order valence-electron chi connectivity index (χ1n) is 14.2. The fourth-order valence-corrected chi connectivity index (χ4v) is 5.64. The molecule has 1 fully saturated rings. The number of rotatable bonds is 7. The van der Waals surface area contributed by atoms with Crippen LogP contribution in [0.2, 0.25) is 0 Å². The predicted octanol–water partition coefficient (Wildman–Crippen LogP) is 3.67. The van der Waals surface area contributed by atoms with Gasteiger partial charge in [-0.2, -0.15) is 4.98 Å². The molecule has 6 rings (SSSR count). The first-order valence-corrected chi connectivity index (χ1v) is 14.2. The monoisotopic (exact) mass is 553 g/mol. The molecule has 0 radical (unpaired) electrons. The molecule has 1 saturated heterocycles. The zero-order chi connectivity index (χ0) is 28.3. The van der Waals surface area contributed by atoms with Crippen LogP contribution >= 0.6 is 0 Å². The molecule has 2 aromatic carbocycles. The Morgan fingerprint density at radius 1 is 1.02 bits per heavy atom. The van der Waals surface area contributed by atoms with Gasteiger partial charge in [-0.05, 0) is 74.7 Å². The lowest BCUT2D eigenvalue weighted by Gasteiger charge is -2.31. The highest BCUT2D eigenvalue weighted by Gasteiger charge is 2.28. The number of piperidine rings is 1. The molecule has 0 atom stereocenters. The maximum atomic E-state index is 13.6. The van der Waals surface area contributed by atoms with Crippen molar-refractivity contribution in [1.29, 1.82) is 0 Å². The number of hydrogen-bond donors (Lipinski definition) is 2. The number of amides is 1. The van der Waals surface area contributed by atoms with Crippen molar-refractivity contribution < 1.29 is 9.90 Å². The molecule has 0 spiro atoms. The average molecular weight is 554 g/mol. The lowest BCUT2D eigenvalue weighted by Crippen LogP contribution is -2.33. The van der Waals surface area contributed by atoms with E-state index in [0.29, 0.717) is 48.6 Å². The molecule has 0 bridgehead atoms. The third kappa shape index (κ3) is 5.71. The van der Waals surface area contributed by atoms with Crippen molar-refractivity contribution in [3.63, 3.8) is 0 Å². The summed E-state index contributed by atoms with van der Waals surface area (Å²) in [7, 11) is 1.95. The molecule has 2 N–H and O–H groups in total. The number of phenols is 1. The quantitative estimate of drug-likeness (QED) is 0.354. The number of carbonyl (C=O) groups excluding carboxylic acids is 1. The van der Waals surface area contributed by atoms with Gasteiger partial charge < -0.3 is 20.2 Å². The Hall–Kier alpha value is -4.51. The Bertz CT molecular complexity index is 1530. The van der Waals surface area contributed by atoms with Gasteiger partial charge in [-0.25, -0.2) is 9.67 Å². The van der Waals surface area contributed by atoms with Gasteiger partial charge in [-0.1, -0.05) is 23.4 Å². The van der Waals surface area contributed by atoms with Crippen molar-refractivity contribution in [2.24, 2.45) is 0 Å². The van der Waals surface area contributed by atoms with E-state index in [1.165, 1.54) is 5.56 Å². The van der Waals surface area contributed by atoms with Gasteiger partial charge in [-0.3, -0.25) is 9.69 Å². The number of benzene rings is 2. The standard InChI is InChI=1S/C30H35N9O2/c1-3-31-30-32-18-27-28(33-30)36(2)14-15-38(29(27)41)24-7-5-8-25(17-24)39-20-23(34-35-39)19-37-12-10-21(11-13-37)22-6-4-9-26(40)16-22/h4-9,16-18,20-21,40H,3,10-15,19H2,1-2H3,(H,31,32,33). The highest BCUT2D eigenvalue weighted by Crippen LogP contribution is 2.31. The van der Waals surface area contributed by atoms with E-state index in [2.05, 4.69) is 36.6 Å². The van der Waals surface area contributed by atoms with Crippen LogP contribution in [-0.2, 0) is 6.54 Å². The number of aromatic nitrogens is 5. The summed E-state index contributed by atoms with van der Waals surface area (Å²) in [4.78, 5) is 28.7. The number of hydrogen-bond acceptors (Lipinski definition) is 9. The van der Waals surface area contributed by atoms with E-state index in [4.69, 9.17) is 0 Å². The van der Waals surface area contributed by atoms with Crippen LogP contribution in [0.25, 0.3) is 5.69 Å². The van der Waals surface area contributed by atoms with Gasteiger partial charge in [-0.15, -0.1) is 5.10 Å². The first-order chi connectivity index (χ1) is 20.0. The SMILES string of the molecule is CCNc1ncc2c(n1)N(C)CCN(c1cccc(-n3cc(CN4CCC(c5cccc(O)c5)CC4)nn3)c1)C2=O. The highest BCUT2D eigenvalue weighted by atomic mass is 16.3. The van der Waals surface area contributed by atoms with Gasteiger partial charge in [0, 0.05) is 45.1 Å². The predicted molar refractivity (Wildman–Crippen MR) is 158 cm³/mol. The lowest BCUT2D eigenvalue weighted by molar-refractivity contribution is 0.0989. The number of carbonyl (C=O) groups is 1.